The smallest absolute Gasteiger partial charge is 0.101 e. The van der Waals surface area contributed by atoms with E-state index in [1.807, 2.05) is 6.26 Å². The van der Waals surface area contributed by atoms with Gasteiger partial charge in [-0.3, -0.25) is 0 Å². The second-order valence-electron chi connectivity index (χ2n) is 0.288. The quantitative estimate of drug-likeness (QED) is 0.353. The summed E-state index contributed by atoms with van der Waals surface area (Å²) in [6.45, 7) is 0. The lowest BCUT2D eigenvalue weighted by atomic mass is 12.0. The summed E-state index contributed by atoms with van der Waals surface area (Å²) in [5.74, 6) is 0. The summed E-state index contributed by atoms with van der Waals surface area (Å²) >= 11 is 0. The molecular weight excluding hydrogens is 106 g/mol. The van der Waals surface area contributed by atoms with E-state index < -0.39 is 0 Å². The van der Waals surface area contributed by atoms with Crippen LogP contribution < -0.4 is 0 Å². The molecule has 0 fully saturated rings. The summed E-state index contributed by atoms with van der Waals surface area (Å²) < 4.78 is 6.82. The van der Waals surface area contributed by atoms with Crippen molar-refractivity contribution in [3.8, 4) is 0 Å². The molecule has 0 heterocycles. The molecule has 0 aliphatic carbocycles. The van der Waals surface area contributed by atoms with Gasteiger partial charge in [-0.05, 0) is 6.26 Å². The van der Waals surface area contributed by atoms with E-state index in [0.717, 1.165) is 7.04 Å². The number of hydrogen-bond donors (Lipinski definition) is 1. The summed E-state index contributed by atoms with van der Waals surface area (Å²) in [6.07, 6.45) is 1.88. The van der Waals surface area contributed by atoms with Crippen molar-refractivity contribution < 1.29 is 0 Å². The van der Waals surface area contributed by atoms with Crippen molar-refractivity contribution in [1.82, 2.24) is 0 Å². The lowest BCUT2D eigenvalue weighted by molar-refractivity contribution is 2.54. The van der Waals surface area contributed by atoms with Gasteiger partial charge in [0.1, 0.15) is 1.12 Å². The van der Waals surface area contributed by atoms with E-state index in [1.165, 1.54) is 0 Å². The Bertz CT molecular complexity index is 47.6. The molecule has 0 amide bonds. The summed E-state index contributed by atoms with van der Waals surface area (Å²) in [4.78, 5) is 0. The lowest BCUT2D eigenvalue weighted by Gasteiger charge is -1.51. The molecule has 0 nitrogen and oxygen atoms in total. The fourth-order valence-electron chi connectivity index (χ4n) is 0. The van der Waals surface area contributed by atoms with Crippen LogP contribution in [0.3, 0.4) is 0 Å². The summed E-state index contributed by atoms with van der Waals surface area (Å²) in [6, 6.07) is 0. The first-order valence-corrected chi connectivity index (χ1v) is 5.19. The minimum absolute atomic E-state index is 0.137. The number of thiol groups is 1. The molecule has 0 N–H and O–H groups in total. The van der Waals surface area contributed by atoms with Crippen LogP contribution in [-0.4, -0.2) is 7.38 Å². The van der Waals surface area contributed by atoms with Crippen molar-refractivity contribution in [3.63, 3.8) is 0 Å². The van der Waals surface area contributed by atoms with Crippen molar-refractivity contribution in [2.75, 3.05) is 6.26 Å². The standard InChI is InChI=1S/CH6P2S/c1-4-3-2/h4H,2H2,1H3/i4T. The maximum atomic E-state index is 6.82. The van der Waals surface area contributed by atoms with Crippen LogP contribution in [-0.2, 0) is 10.8 Å². The van der Waals surface area contributed by atoms with Gasteiger partial charge in [-0.2, -0.15) is 10.8 Å². The largest absolute Gasteiger partial charge is 0.176 e. The second kappa shape index (κ2) is 4.08. The molecule has 0 bridgehead atoms. The van der Waals surface area contributed by atoms with Crippen LogP contribution in [0, 0.1) is 0 Å². The molecule has 0 aliphatic heterocycles. The number of rotatable bonds is 0. The molecule has 0 aromatic heterocycles. The lowest BCUT2D eigenvalue weighted by Crippen LogP contribution is -1.26. The molecule has 26 valence electrons. The average Bonchev–Trinajstić information content (AvgIpc) is 1.38. The van der Waals surface area contributed by atoms with Gasteiger partial charge >= 0.3 is 0 Å². The van der Waals surface area contributed by atoms with Gasteiger partial charge in [-0.15, -0.1) is 0 Å². The highest BCUT2D eigenvalue weighted by atomic mass is 32.6. The Hall–Kier alpha value is 1.08. The minimum Gasteiger partial charge on any atom is -0.176 e. The first-order valence-electron chi connectivity index (χ1n) is 1.26. The molecular formula is CH6P2S. The highest BCUT2D eigenvalue weighted by Gasteiger charge is 1.32. The van der Waals surface area contributed by atoms with E-state index in [1.54, 1.807) is 0 Å². The Kier molecular flexibility index (Phi) is 3.34. The van der Waals surface area contributed by atoms with E-state index in [-0.39, 0.29) is 10.8 Å². The van der Waals surface area contributed by atoms with E-state index >= 15 is 0 Å². The summed E-state index contributed by atoms with van der Waals surface area (Å²) in [5.41, 5.74) is 0. The fourth-order valence-corrected chi connectivity index (χ4v) is 0. The van der Waals surface area contributed by atoms with Crippen LogP contribution in [0.1, 0.15) is 0 Å². The Morgan fingerprint density at radius 1 is 2.50 bits per heavy atom. The first kappa shape index (κ1) is 3.28. The third-order valence-electron chi connectivity index (χ3n) is 0.105. The highest BCUT2D eigenvalue weighted by molar-refractivity contribution is 8.30. The van der Waals surface area contributed by atoms with Crippen LogP contribution in [0.5, 0.6) is 0 Å². The fraction of sp³-hybridized carbons (Fsp3) is 1.00. The molecule has 2 atom stereocenters. The maximum absolute atomic E-state index is 6.82. The molecule has 0 aliphatic rings. The van der Waals surface area contributed by atoms with Gasteiger partial charge in [-0.1, -0.05) is 16.0 Å². The van der Waals surface area contributed by atoms with Gasteiger partial charge in [-0.25, -0.2) is 0 Å². The zero-order chi connectivity index (χ0) is 4.28. The molecule has 3 heteroatoms. The van der Waals surface area contributed by atoms with E-state index in [9.17, 15) is 0 Å². The van der Waals surface area contributed by atoms with Crippen LogP contribution in [0.25, 0.3) is 0 Å². The molecule has 0 radical (unpaired) electrons. The van der Waals surface area contributed by atoms with Gasteiger partial charge in [0.2, 0.25) is 0 Å². The average molecular weight is 114 g/mol. The minimum atomic E-state index is -0.137. The van der Waals surface area contributed by atoms with Crippen molar-refractivity contribution in [3.05, 3.63) is 0 Å². The summed E-state index contributed by atoms with van der Waals surface area (Å²) in [5, 5.41) is 0. The molecule has 0 spiro atoms. The molecule has 0 aromatic rings. The predicted octanol–water partition coefficient (Wildman–Crippen LogP) is 1.08. The summed E-state index contributed by atoms with van der Waals surface area (Å²) in [7, 11) is 3.46. The Labute approximate surface area is 35.0 Å². The second-order valence-corrected chi connectivity index (χ2v) is 4.49. The Balaban J connectivity index is 3.14. The van der Waals surface area contributed by atoms with Crippen LogP contribution in [0.4, 0.5) is 0 Å². The molecule has 0 saturated heterocycles. The van der Waals surface area contributed by atoms with Crippen LogP contribution in [0.2, 0.25) is 0 Å². The zero-order valence-electron chi connectivity index (χ0n) is 3.43. The SMILES string of the molecule is [3H]S(C)=PP. The van der Waals surface area contributed by atoms with Crippen LogP contribution in [0.15, 0.2) is 0 Å². The molecule has 2 unspecified atom stereocenters. The highest BCUT2D eigenvalue weighted by Crippen LogP contribution is 2.03. The molecule has 4 heavy (non-hydrogen) atoms. The maximum Gasteiger partial charge on any atom is 0.101 e. The first-order chi connectivity index (χ1) is 2.27. The molecule has 0 saturated carbocycles. The number of hydrogen-bond acceptors (Lipinski definition) is 0. The van der Waals surface area contributed by atoms with E-state index in [2.05, 4.69) is 8.93 Å². The topological polar surface area (TPSA) is 0 Å². The van der Waals surface area contributed by atoms with Gasteiger partial charge < -0.3 is 0 Å². The third kappa shape index (κ3) is 3.08. The van der Waals surface area contributed by atoms with E-state index in [4.69, 9.17) is 1.12 Å². The Morgan fingerprint density at radius 2 is 2.75 bits per heavy atom. The Morgan fingerprint density at radius 3 is 2.75 bits per heavy atom. The molecule has 0 aromatic carbocycles. The van der Waals surface area contributed by atoms with Crippen molar-refractivity contribution in [2.24, 2.45) is 0 Å². The van der Waals surface area contributed by atoms with Gasteiger partial charge in [0, 0.05) is 0 Å². The van der Waals surface area contributed by atoms with E-state index in [0.29, 0.717) is 0 Å². The van der Waals surface area contributed by atoms with Crippen LogP contribution >= 0.6 is 16.0 Å². The van der Waals surface area contributed by atoms with Crippen molar-refractivity contribution in [1.29, 1.82) is 1.12 Å². The van der Waals surface area contributed by atoms with Crippen molar-refractivity contribution in [2.45, 2.75) is 0 Å². The van der Waals surface area contributed by atoms with Crippen molar-refractivity contribution >= 4 is 26.8 Å². The normalized spacial score (nSPS) is 20.0. The van der Waals surface area contributed by atoms with Gasteiger partial charge in [0.05, 0.1) is 0 Å². The van der Waals surface area contributed by atoms with Gasteiger partial charge in [0.25, 0.3) is 0 Å². The predicted molar refractivity (Wildman–Crippen MR) is 31.3 cm³/mol. The third-order valence-corrected chi connectivity index (χ3v) is 2.85. The zero-order valence-corrected chi connectivity index (χ0v) is 5.30. The monoisotopic (exact) mass is 114 g/mol. The molecule has 0 rings (SSSR count). The van der Waals surface area contributed by atoms with Gasteiger partial charge in [0.15, 0.2) is 0 Å².